The average molecular weight is 381 g/mol. The first-order valence-electron chi connectivity index (χ1n) is 8.28. The van der Waals surface area contributed by atoms with Crippen molar-refractivity contribution in [2.45, 2.75) is 6.54 Å². The Morgan fingerprint density at radius 3 is 2.54 bits per heavy atom. The summed E-state index contributed by atoms with van der Waals surface area (Å²) in [4.78, 5) is 35.7. The Hall–Kier alpha value is -3.88. The molecule has 0 aliphatic rings. The summed E-state index contributed by atoms with van der Waals surface area (Å²) in [6, 6.07) is 11.2. The van der Waals surface area contributed by atoms with E-state index in [0.29, 0.717) is 5.56 Å². The molecular formula is C19H13F2N5O2. The van der Waals surface area contributed by atoms with Crippen LogP contribution in [-0.4, -0.2) is 19.5 Å². The molecule has 0 radical (unpaired) electrons. The Kier molecular flexibility index (Phi) is 4.40. The molecule has 0 fully saturated rings. The van der Waals surface area contributed by atoms with Crippen molar-refractivity contribution in [1.82, 2.24) is 19.5 Å². The maximum atomic E-state index is 13.7. The first-order chi connectivity index (χ1) is 13.5. The molecule has 0 saturated heterocycles. The molecule has 0 unspecified atom stereocenters. The lowest BCUT2D eigenvalue weighted by Gasteiger charge is -2.08. The van der Waals surface area contributed by atoms with Crippen molar-refractivity contribution in [2.24, 2.45) is 0 Å². The van der Waals surface area contributed by atoms with Gasteiger partial charge < -0.3 is 5.32 Å². The van der Waals surface area contributed by atoms with Crippen LogP contribution in [0.2, 0.25) is 0 Å². The van der Waals surface area contributed by atoms with Crippen LogP contribution in [0, 0.1) is 11.6 Å². The van der Waals surface area contributed by atoms with E-state index >= 15 is 0 Å². The van der Waals surface area contributed by atoms with Crippen LogP contribution in [0.1, 0.15) is 5.56 Å². The Bertz CT molecular complexity index is 1280. The first-order valence-corrected chi connectivity index (χ1v) is 8.28. The van der Waals surface area contributed by atoms with Gasteiger partial charge in [-0.2, -0.15) is 4.98 Å². The second-order valence-electron chi connectivity index (χ2n) is 5.95. The van der Waals surface area contributed by atoms with Crippen LogP contribution in [0.25, 0.3) is 16.7 Å². The lowest BCUT2D eigenvalue weighted by molar-refractivity contribution is 0.612. The van der Waals surface area contributed by atoms with E-state index in [-0.39, 0.29) is 35.0 Å². The highest BCUT2D eigenvalue weighted by atomic mass is 19.1. The molecule has 0 atom stereocenters. The third-order valence-corrected chi connectivity index (χ3v) is 4.13. The van der Waals surface area contributed by atoms with E-state index in [1.54, 1.807) is 18.2 Å². The summed E-state index contributed by atoms with van der Waals surface area (Å²) >= 11 is 0. The summed E-state index contributed by atoms with van der Waals surface area (Å²) in [6.07, 6.45) is 1.27. The second kappa shape index (κ2) is 7.03. The number of hydrogen-bond donors (Lipinski definition) is 2. The molecule has 0 bridgehead atoms. The fraction of sp³-hybridized carbons (Fsp3) is 0.0526. The van der Waals surface area contributed by atoms with Crippen molar-refractivity contribution in [3.05, 3.63) is 92.8 Å². The molecule has 0 amide bonds. The SMILES string of the molecule is O=c1[nH]c2nc(NCc3ccccc3F)ncc2c(=O)n1-c1ccc(F)cc1. The van der Waals surface area contributed by atoms with Gasteiger partial charge in [-0.1, -0.05) is 18.2 Å². The number of aromatic amines is 1. The summed E-state index contributed by atoms with van der Waals surface area (Å²) in [6.45, 7) is 0.134. The minimum Gasteiger partial charge on any atom is -0.350 e. The third-order valence-electron chi connectivity index (χ3n) is 4.13. The molecule has 9 heteroatoms. The predicted molar refractivity (Wildman–Crippen MR) is 99.4 cm³/mol. The number of halogens is 2. The summed E-state index contributed by atoms with van der Waals surface area (Å²) < 4.78 is 27.7. The van der Waals surface area contributed by atoms with E-state index < -0.39 is 17.1 Å². The fourth-order valence-electron chi connectivity index (χ4n) is 2.73. The van der Waals surface area contributed by atoms with Crippen molar-refractivity contribution in [3.63, 3.8) is 0 Å². The molecule has 140 valence electrons. The molecule has 0 saturated carbocycles. The number of aromatic nitrogens is 4. The smallest absolute Gasteiger partial charge is 0.334 e. The van der Waals surface area contributed by atoms with E-state index in [9.17, 15) is 18.4 Å². The third kappa shape index (κ3) is 3.25. The highest BCUT2D eigenvalue weighted by Crippen LogP contribution is 2.11. The maximum absolute atomic E-state index is 13.7. The summed E-state index contributed by atoms with van der Waals surface area (Å²) in [5.74, 6) is -0.723. The van der Waals surface area contributed by atoms with Gasteiger partial charge in [-0.15, -0.1) is 0 Å². The van der Waals surface area contributed by atoms with Gasteiger partial charge in [0, 0.05) is 18.3 Å². The highest BCUT2D eigenvalue weighted by Gasteiger charge is 2.12. The van der Waals surface area contributed by atoms with Gasteiger partial charge in [0.2, 0.25) is 5.95 Å². The van der Waals surface area contributed by atoms with Gasteiger partial charge in [-0.25, -0.2) is 23.1 Å². The van der Waals surface area contributed by atoms with Crippen LogP contribution in [-0.2, 0) is 6.54 Å². The normalized spacial score (nSPS) is 10.9. The van der Waals surface area contributed by atoms with E-state index in [1.807, 2.05) is 0 Å². The van der Waals surface area contributed by atoms with Gasteiger partial charge >= 0.3 is 5.69 Å². The minimum atomic E-state index is -0.720. The topological polar surface area (TPSA) is 92.7 Å². The predicted octanol–water partition coefficient (Wildman–Crippen LogP) is 2.36. The highest BCUT2D eigenvalue weighted by molar-refractivity contribution is 5.73. The number of nitrogens with one attached hydrogen (secondary N) is 2. The van der Waals surface area contributed by atoms with Gasteiger partial charge in [0.15, 0.2) is 5.65 Å². The summed E-state index contributed by atoms with van der Waals surface area (Å²) in [5.41, 5.74) is -0.670. The van der Waals surface area contributed by atoms with E-state index in [1.165, 1.54) is 24.4 Å². The van der Waals surface area contributed by atoms with E-state index in [4.69, 9.17) is 0 Å². The average Bonchev–Trinajstić information content (AvgIpc) is 2.68. The van der Waals surface area contributed by atoms with E-state index in [2.05, 4.69) is 20.3 Å². The number of fused-ring (bicyclic) bond motifs is 1. The van der Waals surface area contributed by atoms with Crippen LogP contribution in [0.3, 0.4) is 0 Å². The fourth-order valence-corrected chi connectivity index (χ4v) is 2.73. The number of anilines is 1. The molecule has 0 aliphatic heterocycles. The minimum absolute atomic E-state index is 0.0411. The Morgan fingerprint density at radius 1 is 1.04 bits per heavy atom. The van der Waals surface area contributed by atoms with Crippen molar-refractivity contribution < 1.29 is 8.78 Å². The molecule has 4 aromatic rings. The second-order valence-corrected chi connectivity index (χ2v) is 5.95. The van der Waals surface area contributed by atoms with Crippen LogP contribution in [0.5, 0.6) is 0 Å². The number of rotatable bonds is 4. The first kappa shape index (κ1) is 17.5. The zero-order chi connectivity index (χ0) is 19.7. The molecule has 7 nitrogen and oxygen atoms in total. The summed E-state index contributed by atoms with van der Waals surface area (Å²) in [5, 5.41) is 2.93. The lowest BCUT2D eigenvalue weighted by atomic mass is 10.2. The molecule has 2 N–H and O–H groups in total. The quantitative estimate of drug-likeness (QED) is 0.566. The standard InChI is InChI=1S/C19H13F2N5O2/c20-12-5-7-13(8-6-12)26-17(27)14-10-23-18(24-16(14)25-19(26)28)22-9-11-3-1-2-4-15(11)21/h1-8,10H,9H2,(H2,22,23,24,25,28). The van der Waals surface area contributed by atoms with Crippen LogP contribution in [0.15, 0.2) is 64.3 Å². The largest absolute Gasteiger partial charge is 0.350 e. The Labute approximate surface area is 156 Å². The van der Waals surface area contributed by atoms with Crippen molar-refractivity contribution >= 4 is 17.0 Å². The van der Waals surface area contributed by atoms with Crippen molar-refractivity contribution in [1.29, 1.82) is 0 Å². The van der Waals surface area contributed by atoms with Crippen LogP contribution in [0.4, 0.5) is 14.7 Å². The van der Waals surface area contributed by atoms with Gasteiger partial charge in [0.1, 0.15) is 17.0 Å². The number of nitrogens with zero attached hydrogens (tertiary/aromatic N) is 3. The molecule has 4 rings (SSSR count). The molecule has 2 heterocycles. The summed E-state index contributed by atoms with van der Waals surface area (Å²) in [7, 11) is 0. The number of benzene rings is 2. The van der Waals surface area contributed by atoms with Gasteiger partial charge in [0.05, 0.1) is 5.69 Å². The molecule has 2 aromatic heterocycles. The molecule has 28 heavy (non-hydrogen) atoms. The molecule has 0 aliphatic carbocycles. The lowest BCUT2D eigenvalue weighted by Crippen LogP contribution is -2.34. The Balaban J connectivity index is 1.70. The number of hydrogen-bond acceptors (Lipinski definition) is 5. The van der Waals surface area contributed by atoms with Crippen molar-refractivity contribution in [3.8, 4) is 5.69 Å². The van der Waals surface area contributed by atoms with Gasteiger partial charge in [0.25, 0.3) is 5.56 Å². The zero-order valence-electron chi connectivity index (χ0n) is 14.3. The monoisotopic (exact) mass is 381 g/mol. The Morgan fingerprint density at radius 2 is 1.79 bits per heavy atom. The van der Waals surface area contributed by atoms with Crippen molar-refractivity contribution in [2.75, 3.05) is 5.32 Å². The number of H-pyrrole nitrogens is 1. The van der Waals surface area contributed by atoms with E-state index in [0.717, 1.165) is 16.7 Å². The molecular weight excluding hydrogens is 368 g/mol. The molecule has 2 aromatic carbocycles. The zero-order valence-corrected chi connectivity index (χ0v) is 14.3. The van der Waals surface area contributed by atoms with Gasteiger partial charge in [-0.3, -0.25) is 9.78 Å². The van der Waals surface area contributed by atoms with Crippen LogP contribution >= 0.6 is 0 Å². The van der Waals surface area contributed by atoms with Gasteiger partial charge in [-0.05, 0) is 30.3 Å². The van der Waals surface area contributed by atoms with Crippen LogP contribution < -0.4 is 16.6 Å². The molecule has 0 spiro atoms. The maximum Gasteiger partial charge on any atom is 0.334 e.